The van der Waals surface area contributed by atoms with Crippen LogP contribution in [0.15, 0.2) is 34.9 Å². The van der Waals surface area contributed by atoms with E-state index in [0.717, 1.165) is 50.4 Å². The molecule has 2 unspecified atom stereocenters. The van der Waals surface area contributed by atoms with Crippen molar-refractivity contribution in [2.24, 2.45) is 29.1 Å². The summed E-state index contributed by atoms with van der Waals surface area (Å²) in [5, 5.41) is -0.0154. The third-order valence-corrected chi connectivity index (χ3v) is 35.0. The first-order valence-corrected chi connectivity index (χ1v) is 36.9. The van der Waals surface area contributed by atoms with E-state index in [9.17, 15) is 9.59 Å². The summed E-state index contributed by atoms with van der Waals surface area (Å²) in [6.45, 7) is 46.6. The maximum atomic E-state index is 11.6. The van der Waals surface area contributed by atoms with E-state index in [-0.39, 0.29) is 26.8 Å². The first kappa shape index (κ1) is 55.3. The Morgan fingerprint density at radius 1 is 0.787 bits per heavy atom. The summed E-state index contributed by atoms with van der Waals surface area (Å²) in [5.41, 5.74) is 5.13. The molecule has 2 N–H and O–H groups in total. The van der Waals surface area contributed by atoms with Gasteiger partial charge in [0.05, 0.1) is 11.7 Å². The minimum Gasteiger partial charge on any atom is -0.432 e. The van der Waals surface area contributed by atoms with Gasteiger partial charge in [-0.25, -0.2) is 0 Å². The molecule has 3 fully saturated rings. The number of hydrogen-bond donors (Lipinski definition) is 2. The van der Waals surface area contributed by atoms with Crippen molar-refractivity contribution >= 4 is 33.3 Å². The Labute approximate surface area is 384 Å². The van der Waals surface area contributed by atoms with Crippen LogP contribution in [0.2, 0.25) is 72.5 Å². The van der Waals surface area contributed by atoms with Crippen LogP contribution in [0.4, 0.5) is 0 Å². The minimum atomic E-state index is -2.44. The van der Waals surface area contributed by atoms with Gasteiger partial charge in [-0.2, -0.15) is 0 Å². The molecule has 6 atom stereocenters. The Morgan fingerprint density at radius 2 is 1.38 bits per heavy atom. The first-order chi connectivity index (χ1) is 27.7. The summed E-state index contributed by atoms with van der Waals surface area (Å²) < 4.78 is 14.5. The molecule has 3 aliphatic rings. The number of unbranched alkanes of at least 4 members (excludes halogenated alkanes) is 1. The standard InChI is InChI=1S/C53H104O4Si4/c1-21-61(22-2,23-3)57-50(8,9)35-26-28-41(4)46-33-34-47-43(29-27-37-53(46,47)14)32-31-42-38-44(40-52(12,13)59(17,18)55)45(30-24-25-36-51(10,11)58(15,16)54)48(39-42)56-60(19,20)49(5,6)7/h30-32,41,44,46-48,54-55H,21-29,33-40H2,1-20H3/b42-31+,43-32+,45-30+/t41-,44-,46?,47?,48+,53+/m0/s1. The maximum absolute atomic E-state index is 11.6. The molecule has 8 heteroatoms. The van der Waals surface area contributed by atoms with Crippen molar-refractivity contribution in [1.82, 2.24) is 0 Å². The van der Waals surface area contributed by atoms with Crippen LogP contribution in [0.5, 0.6) is 0 Å². The summed E-state index contributed by atoms with van der Waals surface area (Å²) in [5.74, 6) is 2.60. The van der Waals surface area contributed by atoms with E-state index in [0.29, 0.717) is 17.3 Å². The van der Waals surface area contributed by atoms with Crippen molar-refractivity contribution in [3.63, 3.8) is 0 Å². The molecule has 0 radical (unpaired) electrons. The summed E-state index contributed by atoms with van der Waals surface area (Å²) >= 11 is 0. The smallest absolute Gasteiger partial charge is 0.192 e. The van der Waals surface area contributed by atoms with Gasteiger partial charge in [-0.1, -0.05) is 125 Å². The molecule has 61 heavy (non-hydrogen) atoms. The molecule has 0 saturated heterocycles. The van der Waals surface area contributed by atoms with Gasteiger partial charge in [-0.05, 0) is 198 Å². The molecule has 0 aliphatic heterocycles. The van der Waals surface area contributed by atoms with E-state index in [1.165, 1.54) is 75.1 Å². The third kappa shape index (κ3) is 14.0. The molecule has 0 aromatic carbocycles. The lowest BCUT2D eigenvalue weighted by molar-refractivity contribution is 0.0704. The second-order valence-electron chi connectivity index (χ2n) is 25.8. The maximum Gasteiger partial charge on any atom is 0.192 e. The van der Waals surface area contributed by atoms with E-state index >= 15 is 0 Å². The van der Waals surface area contributed by atoms with Crippen LogP contribution in [0.1, 0.15) is 187 Å². The Kier molecular flexibility index (Phi) is 18.9. The number of hydrogen-bond acceptors (Lipinski definition) is 4. The highest BCUT2D eigenvalue weighted by molar-refractivity contribution is 6.74. The summed E-state index contributed by atoms with van der Waals surface area (Å²) in [7, 11) is -8.41. The fourth-order valence-corrected chi connectivity index (χ4v) is 17.5. The lowest BCUT2D eigenvalue weighted by Crippen LogP contribution is -2.47. The Bertz CT molecular complexity index is 1450. The van der Waals surface area contributed by atoms with Crippen molar-refractivity contribution in [2.75, 3.05) is 0 Å². The molecule has 3 saturated carbocycles. The number of allylic oxidation sites excluding steroid dienone is 4. The molecular formula is C53H104O4Si4. The average Bonchev–Trinajstić information content (AvgIpc) is 3.48. The van der Waals surface area contributed by atoms with Crippen LogP contribution in [0, 0.1) is 29.1 Å². The average molecular weight is 918 g/mol. The van der Waals surface area contributed by atoms with Crippen LogP contribution >= 0.6 is 0 Å². The van der Waals surface area contributed by atoms with Gasteiger partial charge in [0, 0.05) is 0 Å². The Balaban J connectivity index is 1.92. The minimum absolute atomic E-state index is 0.0163. The van der Waals surface area contributed by atoms with Crippen LogP contribution in [0.3, 0.4) is 0 Å². The number of rotatable bonds is 21. The summed E-state index contributed by atoms with van der Waals surface area (Å²) in [4.78, 5) is 22.7. The van der Waals surface area contributed by atoms with E-state index in [4.69, 9.17) is 8.85 Å². The van der Waals surface area contributed by atoms with Gasteiger partial charge in [0.2, 0.25) is 0 Å². The quantitative estimate of drug-likeness (QED) is 0.0684. The molecule has 3 rings (SSSR count). The highest BCUT2D eigenvalue weighted by Crippen LogP contribution is 2.60. The van der Waals surface area contributed by atoms with Gasteiger partial charge in [0.1, 0.15) is 0 Å². The summed E-state index contributed by atoms with van der Waals surface area (Å²) in [6, 6.07) is 3.68. The number of fused-ring (bicyclic) bond motifs is 1. The molecule has 4 nitrogen and oxygen atoms in total. The Morgan fingerprint density at radius 3 is 1.92 bits per heavy atom. The second-order valence-corrected chi connectivity index (χ2v) is 44.2. The van der Waals surface area contributed by atoms with Crippen molar-refractivity contribution in [2.45, 2.75) is 271 Å². The lowest BCUT2D eigenvalue weighted by Gasteiger charge is -2.46. The van der Waals surface area contributed by atoms with Crippen LogP contribution in [-0.4, -0.2) is 54.6 Å². The summed E-state index contributed by atoms with van der Waals surface area (Å²) in [6.07, 6.45) is 24.4. The molecule has 0 aromatic heterocycles. The SMILES string of the molecule is CC[Si](CC)(CC)OC(C)(C)CCC[C@H](C)C1CCC2/C(=C/C=C3\C[C@@H](CC(C)(C)[Si](C)(C)O)/C(=C\CCCC(C)(C)[Si](C)(C)O)[C@H](O[Si](C)(C)C(C)(C)C)C3)CCC[C@@]21C. The highest BCUT2D eigenvalue weighted by Gasteiger charge is 2.51. The second kappa shape index (κ2) is 20.8. The van der Waals surface area contributed by atoms with Gasteiger partial charge in [-0.15, -0.1) is 0 Å². The van der Waals surface area contributed by atoms with Crippen molar-refractivity contribution in [3.05, 3.63) is 34.9 Å². The predicted octanol–water partition coefficient (Wildman–Crippen LogP) is 16.9. The topological polar surface area (TPSA) is 58.9 Å². The van der Waals surface area contributed by atoms with E-state index in [1.807, 2.05) is 0 Å². The van der Waals surface area contributed by atoms with Crippen LogP contribution in [0.25, 0.3) is 0 Å². The van der Waals surface area contributed by atoms with E-state index in [1.54, 1.807) is 11.1 Å². The first-order valence-electron chi connectivity index (χ1n) is 25.6. The van der Waals surface area contributed by atoms with Gasteiger partial charge < -0.3 is 18.4 Å². The third-order valence-electron chi connectivity index (χ3n) is 18.6. The van der Waals surface area contributed by atoms with Crippen molar-refractivity contribution in [1.29, 1.82) is 0 Å². The normalized spacial score (nSPS) is 27.9. The van der Waals surface area contributed by atoms with Gasteiger partial charge >= 0.3 is 0 Å². The van der Waals surface area contributed by atoms with Gasteiger partial charge in [0.25, 0.3) is 0 Å². The van der Waals surface area contributed by atoms with Crippen molar-refractivity contribution < 1.29 is 18.4 Å². The Hall–Kier alpha value is -0.0725. The van der Waals surface area contributed by atoms with Crippen LogP contribution in [-0.2, 0) is 8.85 Å². The molecule has 0 bridgehead atoms. The zero-order valence-corrected chi connectivity index (χ0v) is 48.4. The molecular weight excluding hydrogens is 813 g/mol. The van der Waals surface area contributed by atoms with Crippen molar-refractivity contribution in [3.8, 4) is 0 Å². The fraction of sp³-hybridized carbons (Fsp3) is 0.887. The molecule has 0 heterocycles. The molecule has 0 aromatic rings. The monoisotopic (exact) mass is 917 g/mol. The van der Waals surface area contributed by atoms with E-state index < -0.39 is 33.3 Å². The largest absolute Gasteiger partial charge is 0.432 e. The van der Waals surface area contributed by atoms with E-state index in [2.05, 4.69) is 154 Å². The van der Waals surface area contributed by atoms with Gasteiger partial charge in [0.15, 0.2) is 33.3 Å². The van der Waals surface area contributed by atoms with Gasteiger partial charge in [-0.3, -0.25) is 0 Å². The predicted molar refractivity (Wildman–Crippen MR) is 279 cm³/mol. The molecule has 356 valence electrons. The molecule has 3 aliphatic carbocycles. The highest BCUT2D eigenvalue weighted by atomic mass is 28.4. The van der Waals surface area contributed by atoms with Crippen LogP contribution < -0.4 is 0 Å². The molecule has 0 amide bonds. The molecule has 0 spiro atoms. The fourth-order valence-electron chi connectivity index (χ4n) is 11.5. The lowest BCUT2D eigenvalue weighted by atomic mass is 9.60. The zero-order chi connectivity index (χ0) is 46.7. The zero-order valence-electron chi connectivity index (χ0n) is 44.4.